The third kappa shape index (κ3) is 3.54. The summed E-state index contributed by atoms with van der Waals surface area (Å²) in [5, 5.41) is 2.85. The Bertz CT molecular complexity index is 760. The molecule has 3 heterocycles. The number of carbonyl (C=O) groups excluding carboxylic acids is 1. The second-order valence-electron chi connectivity index (χ2n) is 6.69. The van der Waals surface area contributed by atoms with Crippen molar-refractivity contribution < 1.29 is 14.3 Å². The quantitative estimate of drug-likeness (QED) is 0.912. The van der Waals surface area contributed by atoms with E-state index in [-0.39, 0.29) is 5.91 Å². The first-order valence-electron chi connectivity index (χ1n) is 8.87. The molecule has 2 aliphatic rings. The SMILES string of the molecule is Cc1ccc(NC(=O)c2cnc(N3CCC4(CC3)OCCO4)nc2)cc1. The van der Waals surface area contributed by atoms with Crippen LogP contribution in [0.2, 0.25) is 0 Å². The van der Waals surface area contributed by atoms with Crippen molar-refractivity contribution in [3.05, 3.63) is 47.8 Å². The van der Waals surface area contributed by atoms with Gasteiger partial charge in [-0.2, -0.15) is 0 Å². The highest BCUT2D eigenvalue weighted by atomic mass is 16.7. The van der Waals surface area contributed by atoms with Crippen molar-refractivity contribution in [2.24, 2.45) is 0 Å². The van der Waals surface area contributed by atoms with Gasteiger partial charge in [-0.25, -0.2) is 9.97 Å². The molecule has 2 saturated heterocycles. The molecule has 1 amide bonds. The molecular weight excluding hydrogens is 332 g/mol. The topological polar surface area (TPSA) is 76.6 Å². The minimum Gasteiger partial charge on any atom is -0.347 e. The highest BCUT2D eigenvalue weighted by Crippen LogP contribution is 2.32. The van der Waals surface area contributed by atoms with Crippen LogP contribution in [-0.2, 0) is 9.47 Å². The molecule has 2 aliphatic heterocycles. The fourth-order valence-corrected chi connectivity index (χ4v) is 3.28. The predicted octanol–water partition coefficient (Wildman–Crippen LogP) is 2.38. The van der Waals surface area contributed by atoms with E-state index in [0.717, 1.165) is 37.2 Å². The van der Waals surface area contributed by atoms with Crippen molar-refractivity contribution in [3.63, 3.8) is 0 Å². The zero-order chi connectivity index (χ0) is 18.0. The van der Waals surface area contributed by atoms with Crippen LogP contribution in [-0.4, -0.2) is 48.0 Å². The van der Waals surface area contributed by atoms with E-state index >= 15 is 0 Å². The third-order valence-electron chi connectivity index (χ3n) is 4.83. The van der Waals surface area contributed by atoms with Gasteiger partial charge in [0, 0.05) is 44.0 Å². The molecule has 1 aromatic carbocycles. The summed E-state index contributed by atoms with van der Waals surface area (Å²) in [6, 6.07) is 7.66. The zero-order valence-electron chi connectivity index (χ0n) is 14.8. The van der Waals surface area contributed by atoms with Gasteiger partial charge in [0.1, 0.15) is 0 Å². The summed E-state index contributed by atoms with van der Waals surface area (Å²) in [6.07, 6.45) is 4.73. The number of aromatic nitrogens is 2. The van der Waals surface area contributed by atoms with Crippen LogP contribution in [0.15, 0.2) is 36.7 Å². The van der Waals surface area contributed by atoms with E-state index in [9.17, 15) is 4.79 Å². The number of amides is 1. The number of rotatable bonds is 3. The third-order valence-corrected chi connectivity index (χ3v) is 4.83. The summed E-state index contributed by atoms with van der Waals surface area (Å²) in [4.78, 5) is 23.1. The molecule has 0 aliphatic carbocycles. The van der Waals surface area contributed by atoms with E-state index in [4.69, 9.17) is 9.47 Å². The molecule has 7 nitrogen and oxygen atoms in total. The lowest BCUT2D eigenvalue weighted by Gasteiger charge is -2.37. The van der Waals surface area contributed by atoms with Gasteiger partial charge in [0.15, 0.2) is 5.79 Å². The molecule has 26 heavy (non-hydrogen) atoms. The average molecular weight is 354 g/mol. The standard InChI is InChI=1S/C19H22N4O3/c1-14-2-4-16(5-3-14)22-17(24)15-12-20-18(21-13-15)23-8-6-19(7-9-23)25-10-11-26-19/h2-5,12-13H,6-11H2,1H3,(H,22,24). The Labute approximate surface area is 152 Å². The number of aryl methyl sites for hydroxylation is 1. The Morgan fingerprint density at radius 1 is 1.08 bits per heavy atom. The lowest BCUT2D eigenvalue weighted by molar-refractivity contribution is -0.169. The molecule has 0 saturated carbocycles. The van der Waals surface area contributed by atoms with E-state index in [2.05, 4.69) is 20.2 Å². The van der Waals surface area contributed by atoms with Crippen LogP contribution in [0.4, 0.5) is 11.6 Å². The van der Waals surface area contributed by atoms with Gasteiger partial charge < -0.3 is 19.7 Å². The van der Waals surface area contributed by atoms with Gasteiger partial charge in [0.25, 0.3) is 5.91 Å². The minimum atomic E-state index is -0.412. The Balaban J connectivity index is 1.37. The first-order chi connectivity index (χ1) is 12.6. The normalized spacial score (nSPS) is 18.9. The lowest BCUT2D eigenvalue weighted by Crippen LogP contribution is -2.45. The lowest BCUT2D eigenvalue weighted by atomic mass is 10.0. The Morgan fingerprint density at radius 2 is 1.69 bits per heavy atom. The molecular formula is C19H22N4O3. The molecule has 0 radical (unpaired) electrons. The number of hydrogen-bond donors (Lipinski definition) is 1. The molecule has 1 spiro atoms. The number of nitrogens with one attached hydrogen (secondary N) is 1. The van der Waals surface area contributed by atoms with Gasteiger partial charge in [-0.1, -0.05) is 17.7 Å². The predicted molar refractivity (Wildman–Crippen MR) is 97.2 cm³/mol. The molecule has 0 unspecified atom stereocenters. The highest BCUT2D eigenvalue weighted by Gasteiger charge is 2.40. The first kappa shape index (κ1) is 16.9. The van der Waals surface area contributed by atoms with Crippen molar-refractivity contribution in [1.82, 2.24) is 9.97 Å². The molecule has 0 atom stereocenters. The Kier molecular flexibility index (Phi) is 4.57. The maximum Gasteiger partial charge on any atom is 0.258 e. The molecule has 7 heteroatoms. The van der Waals surface area contributed by atoms with Crippen LogP contribution in [0.5, 0.6) is 0 Å². The van der Waals surface area contributed by atoms with E-state index in [1.165, 1.54) is 0 Å². The van der Waals surface area contributed by atoms with Crippen molar-refractivity contribution in [1.29, 1.82) is 0 Å². The summed E-state index contributed by atoms with van der Waals surface area (Å²) in [6.45, 7) is 4.89. The first-order valence-corrected chi connectivity index (χ1v) is 8.87. The van der Waals surface area contributed by atoms with Gasteiger partial charge in [-0.15, -0.1) is 0 Å². The van der Waals surface area contributed by atoms with Crippen LogP contribution in [0.1, 0.15) is 28.8 Å². The fourth-order valence-electron chi connectivity index (χ4n) is 3.28. The molecule has 0 bridgehead atoms. The Morgan fingerprint density at radius 3 is 2.31 bits per heavy atom. The number of hydrogen-bond acceptors (Lipinski definition) is 6. The van der Waals surface area contributed by atoms with Crippen molar-refractivity contribution >= 4 is 17.5 Å². The van der Waals surface area contributed by atoms with Gasteiger partial charge >= 0.3 is 0 Å². The second kappa shape index (κ2) is 7.01. The molecule has 2 aromatic rings. The van der Waals surface area contributed by atoms with E-state index in [0.29, 0.717) is 24.7 Å². The van der Waals surface area contributed by atoms with E-state index < -0.39 is 5.79 Å². The zero-order valence-corrected chi connectivity index (χ0v) is 14.8. The van der Waals surface area contributed by atoms with Gasteiger partial charge in [0.05, 0.1) is 18.8 Å². The number of nitrogens with zero attached hydrogens (tertiary/aromatic N) is 3. The summed E-state index contributed by atoms with van der Waals surface area (Å²) in [5.41, 5.74) is 2.33. The van der Waals surface area contributed by atoms with Crippen molar-refractivity contribution in [2.75, 3.05) is 36.5 Å². The smallest absolute Gasteiger partial charge is 0.258 e. The molecule has 1 N–H and O–H groups in total. The molecule has 2 fully saturated rings. The summed E-state index contributed by atoms with van der Waals surface area (Å²) in [7, 11) is 0. The monoisotopic (exact) mass is 354 g/mol. The van der Waals surface area contributed by atoms with Crippen LogP contribution >= 0.6 is 0 Å². The number of carbonyl (C=O) groups is 1. The number of piperidine rings is 1. The van der Waals surface area contributed by atoms with E-state index in [1.54, 1.807) is 12.4 Å². The fraction of sp³-hybridized carbons (Fsp3) is 0.421. The molecule has 1 aromatic heterocycles. The van der Waals surface area contributed by atoms with Crippen LogP contribution in [0, 0.1) is 6.92 Å². The minimum absolute atomic E-state index is 0.217. The largest absolute Gasteiger partial charge is 0.347 e. The van der Waals surface area contributed by atoms with Crippen LogP contribution in [0.3, 0.4) is 0 Å². The maximum atomic E-state index is 12.3. The van der Waals surface area contributed by atoms with Crippen LogP contribution in [0.25, 0.3) is 0 Å². The van der Waals surface area contributed by atoms with Gasteiger partial charge in [0.2, 0.25) is 5.95 Å². The molecule has 4 rings (SSSR count). The summed E-state index contributed by atoms with van der Waals surface area (Å²) in [5.74, 6) is 0.000153. The number of ether oxygens (including phenoxy) is 2. The van der Waals surface area contributed by atoms with Crippen LogP contribution < -0.4 is 10.2 Å². The summed E-state index contributed by atoms with van der Waals surface area (Å²) >= 11 is 0. The van der Waals surface area contributed by atoms with Gasteiger partial charge in [-0.3, -0.25) is 4.79 Å². The molecule has 136 valence electrons. The van der Waals surface area contributed by atoms with Crippen molar-refractivity contribution in [3.8, 4) is 0 Å². The number of anilines is 2. The van der Waals surface area contributed by atoms with E-state index in [1.807, 2.05) is 31.2 Å². The number of benzene rings is 1. The Hall–Kier alpha value is -2.51. The maximum absolute atomic E-state index is 12.3. The second-order valence-corrected chi connectivity index (χ2v) is 6.69. The van der Waals surface area contributed by atoms with Crippen molar-refractivity contribution in [2.45, 2.75) is 25.6 Å². The highest BCUT2D eigenvalue weighted by molar-refractivity contribution is 6.03. The average Bonchev–Trinajstić information content (AvgIpc) is 3.12. The summed E-state index contributed by atoms with van der Waals surface area (Å²) < 4.78 is 11.5. The van der Waals surface area contributed by atoms with Gasteiger partial charge in [-0.05, 0) is 19.1 Å².